The Morgan fingerprint density at radius 2 is 2.15 bits per heavy atom. The van der Waals surface area contributed by atoms with Crippen LogP contribution < -0.4 is 16.6 Å². The average molecular weight is 279 g/mol. The number of nitrogens with zero attached hydrogens (tertiary/aromatic N) is 2. The highest BCUT2D eigenvalue weighted by Gasteiger charge is 2.28. The summed E-state index contributed by atoms with van der Waals surface area (Å²) >= 11 is 0. The fourth-order valence-electron chi connectivity index (χ4n) is 2.80. The Balaban J connectivity index is 2.16. The van der Waals surface area contributed by atoms with E-state index in [4.69, 9.17) is 5.84 Å². The minimum Gasteiger partial charge on any atom is -0.367 e. The van der Waals surface area contributed by atoms with Crippen LogP contribution in [0.1, 0.15) is 39.5 Å². The highest BCUT2D eigenvalue weighted by molar-refractivity contribution is 5.54. The Morgan fingerprint density at radius 3 is 2.75 bits per heavy atom. The van der Waals surface area contributed by atoms with Crippen molar-refractivity contribution in [1.82, 2.24) is 4.98 Å². The fourth-order valence-corrected chi connectivity index (χ4v) is 2.80. The van der Waals surface area contributed by atoms with Gasteiger partial charge in [0.15, 0.2) is 0 Å². The van der Waals surface area contributed by atoms with Gasteiger partial charge in [-0.3, -0.25) is 10.1 Å². The highest BCUT2D eigenvalue weighted by atomic mass is 16.6. The summed E-state index contributed by atoms with van der Waals surface area (Å²) in [6, 6.07) is 3.05. The molecule has 7 heteroatoms. The smallest absolute Gasteiger partial charge is 0.276 e. The van der Waals surface area contributed by atoms with E-state index in [1.165, 1.54) is 18.6 Å². The van der Waals surface area contributed by atoms with Crippen LogP contribution in [0.5, 0.6) is 0 Å². The number of nitro groups is 1. The molecule has 1 atom stereocenters. The van der Waals surface area contributed by atoms with E-state index in [1.807, 2.05) is 0 Å². The normalized spacial score (nSPS) is 21.2. The molecular weight excluding hydrogens is 258 g/mol. The molecule has 0 radical (unpaired) electrons. The van der Waals surface area contributed by atoms with Crippen molar-refractivity contribution in [2.75, 3.05) is 10.7 Å². The molecule has 1 saturated carbocycles. The summed E-state index contributed by atoms with van der Waals surface area (Å²) in [7, 11) is 0. The highest BCUT2D eigenvalue weighted by Crippen LogP contribution is 2.36. The van der Waals surface area contributed by atoms with Gasteiger partial charge in [-0.15, -0.1) is 0 Å². The topological polar surface area (TPSA) is 106 Å². The van der Waals surface area contributed by atoms with Crippen LogP contribution in [0.4, 0.5) is 17.3 Å². The summed E-state index contributed by atoms with van der Waals surface area (Å²) in [5.41, 5.74) is 2.64. The second-order valence-electron chi connectivity index (χ2n) is 6.10. The fraction of sp³-hybridized carbons (Fsp3) is 0.615. The standard InChI is InChI=1S/C13H21N5O2/c1-13(2)5-3-4-9(8-13)15-11-6-10(18(19)20)7-12(16-11)17-14/h6-7,9H,3-5,8,14H2,1-2H3,(H2,15,16,17). The molecule has 1 aromatic heterocycles. The molecule has 1 fully saturated rings. The molecule has 0 saturated heterocycles. The van der Waals surface area contributed by atoms with Crippen molar-refractivity contribution in [1.29, 1.82) is 0 Å². The number of pyridine rings is 1. The predicted octanol–water partition coefficient (Wildman–Crippen LogP) is 2.66. The molecule has 1 aromatic rings. The molecule has 1 aliphatic carbocycles. The molecule has 1 aliphatic rings. The first-order chi connectivity index (χ1) is 9.39. The number of nitrogens with two attached hydrogens (primary N) is 1. The lowest BCUT2D eigenvalue weighted by Gasteiger charge is -2.35. The van der Waals surface area contributed by atoms with E-state index in [0.717, 1.165) is 19.3 Å². The molecular formula is C13H21N5O2. The minimum absolute atomic E-state index is 0.0227. The molecule has 1 unspecified atom stereocenters. The van der Waals surface area contributed by atoms with Crippen molar-refractivity contribution < 1.29 is 4.92 Å². The Morgan fingerprint density at radius 1 is 1.45 bits per heavy atom. The predicted molar refractivity (Wildman–Crippen MR) is 78.4 cm³/mol. The number of hydrazine groups is 1. The van der Waals surface area contributed by atoms with Gasteiger partial charge in [0.25, 0.3) is 5.69 Å². The largest absolute Gasteiger partial charge is 0.367 e. The van der Waals surface area contributed by atoms with E-state index >= 15 is 0 Å². The van der Waals surface area contributed by atoms with Gasteiger partial charge >= 0.3 is 0 Å². The quantitative estimate of drug-likeness (QED) is 0.444. The first kappa shape index (κ1) is 14.5. The molecule has 0 amide bonds. The number of nitrogen functional groups attached to an aromatic ring is 1. The number of hydrogen-bond donors (Lipinski definition) is 3. The van der Waals surface area contributed by atoms with Crippen LogP contribution in [0.2, 0.25) is 0 Å². The zero-order valence-electron chi connectivity index (χ0n) is 11.8. The van der Waals surface area contributed by atoms with Gasteiger partial charge < -0.3 is 10.7 Å². The van der Waals surface area contributed by atoms with Crippen LogP contribution in [0.15, 0.2) is 12.1 Å². The first-order valence-electron chi connectivity index (χ1n) is 6.79. The van der Waals surface area contributed by atoms with Gasteiger partial charge in [-0.05, 0) is 24.7 Å². The molecule has 0 bridgehead atoms. The number of hydrogen-bond acceptors (Lipinski definition) is 6. The van der Waals surface area contributed by atoms with Gasteiger partial charge in [-0.1, -0.05) is 20.3 Å². The van der Waals surface area contributed by atoms with E-state index in [2.05, 4.69) is 29.6 Å². The van der Waals surface area contributed by atoms with Gasteiger partial charge in [0.1, 0.15) is 11.6 Å². The third kappa shape index (κ3) is 3.57. The van der Waals surface area contributed by atoms with Crippen molar-refractivity contribution in [2.24, 2.45) is 11.3 Å². The monoisotopic (exact) mass is 279 g/mol. The molecule has 4 N–H and O–H groups in total. The van der Waals surface area contributed by atoms with E-state index in [0.29, 0.717) is 17.3 Å². The zero-order chi connectivity index (χ0) is 14.8. The van der Waals surface area contributed by atoms with E-state index in [-0.39, 0.29) is 11.5 Å². The maximum atomic E-state index is 10.9. The van der Waals surface area contributed by atoms with Crippen molar-refractivity contribution in [3.63, 3.8) is 0 Å². The second-order valence-corrected chi connectivity index (χ2v) is 6.10. The SMILES string of the molecule is CC1(C)CCCC(Nc2cc([N+](=O)[O-])cc(NN)n2)C1. The van der Waals surface area contributed by atoms with Crippen LogP contribution in [0.3, 0.4) is 0 Å². The lowest BCUT2D eigenvalue weighted by Crippen LogP contribution is -2.32. The summed E-state index contributed by atoms with van der Waals surface area (Å²) < 4.78 is 0. The van der Waals surface area contributed by atoms with Gasteiger partial charge in [-0.25, -0.2) is 10.8 Å². The van der Waals surface area contributed by atoms with Gasteiger partial charge in [-0.2, -0.15) is 0 Å². The van der Waals surface area contributed by atoms with Crippen LogP contribution in [-0.4, -0.2) is 15.9 Å². The van der Waals surface area contributed by atoms with Crippen molar-refractivity contribution in [3.05, 3.63) is 22.2 Å². The number of rotatable bonds is 4. The lowest BCUT2D eigenvalue weighted by atomic mass is 9.75. The Kier molecular flexibility index (Phi) is 4.08. The van der Waals surface area contributed by atoms with Crippen molar-refractivity contribution in [3.8, 4) is 0 Å². The molecule has 110 valence electrons. The molecule has 0 aliphatic heterocycles. The maximum Gasteiger partial charge on any atom is 0.276 e. The second kappa shape index (κ2) is 5.62. The third-order valence-corrected chi connectivity index (χ3v) is 3.73. The molecule has 2 rings (SSSR count). The van der Waals surface area contributed by atoms with Crippen molar-refractivity contribution in [2.45, 2.75) is 45.6 Å². The van der Waals surface area contributed by atoms with Gasteiger partial charge in [0.05, 0.1) is 17.1 Å². The summed E-state index contributed by atoms with van der Waals surface area (Å²) in [6.07, 6.45) is 4.45. The summed E-state index contributed by atoms with van der Waals surface area (Å²) in [4.78, 5) is 14.7. The number of nitrogens with one attached hydrogen (secondary N) is 2. The Hall–Kier alpha value is -1.89. The first-order valence-corrected chi connectivity index (χ1v) is 6.79. The zero-order valence-corrected chi connectivity index (χ0v) is 11.8. The van der Waals surface area contributed by atoms with Crippen LogP contribution in [0.25, 0.3) is 0 Å². The molecule has 7 nitrogen and oxygen atoms in total. The summed E-state index contributed by atoms with van der Waals surface area (Å²) in [6.45, 7) is 4.49. The van der Waals surface area contributed by atoms with Crippen LogP contribution in [-0.2, 0) is 0 Å². The average Bonchev–Trinajstić information content (AvgIpc) is 2.37. The molecule has 0 aromatic carbocycles. The summed E-state index contributed by atoms with van der Waals surface area (Å²) in [5, 5.41) is 14.2. The number of aromatic nitrogens is 1. The summed E-state index contributed by atoms with van der Waals surface area (Å²) in [5.74, 6) is 6.09. The van der Waals surface area contributed by atoms with Crippen LogP contribution >= 0.6 is 0 Å². The van der Waals surface area contributed by atoms with Gasteiger partial charge in [0, 0.05) is 6.04 Å². The van der Waals surface area contributed by atoms with E-state index < -0.39 is 4.92 Å². The Bertz CT molecular complexity index is 504. The van der Waals surface area contributed by atoms with E-state index in [1.54, 1.807) is 0 Å². The van der Waals surface area contributed by atoms with Gasteiger partial charge in [0.2, 0.25) is 0 Å². The van der Waals surface area contributed by atoms with Crippen molar-refractivity contribution >= 4 is 17.3 Å². The maximum absolute atomic E-state index is 10.9. The van der Waals surface area contributed by atoms with E-state index in [9.17, 15) is 10.1 Å². The lowest BCUT2D eigenvalue weighted by molar-refractivity contribution is -0.384. The molecule has 0 spiro atoms. The number of anilines is 2. The Labute approximate surface area is 118 Å². The minimum atomic E-state index is -0.446. The van der Waals surface area contributed by atoms with Crippen LogP contribution in [0, 0.1) is 15.5 Å². The molecule has 1 heterocycles. The third-order valence-electron chi connectivity index (χ3n) is 3.73. The molecule has 20 heavy (non-hydrogen) atoms.